The minimum absolute atomic E-state index is 0.0396. The highest BCUT2D eigenvalue weighted by molar-refractivity contribution is 5.99. The third kappa shape index (κ3) is 4.29. The molecule has 0 fully saturated rings. The second-order valence-corrected chi connectivity index (χ2v) is 11.9. The number of rotatable bonds is 8. The molecule has 0 unspecified atom stereocenters. The minimum Gasteiger partial charge on any atom is -0.0654 e. The van der Waals surface area contributed by atoms with Crippen molar-refractivity contribution in [1.82, 2.24) is 0 Å². The van der Waals surface area contributed by atoms with Gasteiger partial charge in [0, 0.05) is 5.41 Å². The maximum absolute atomic E-state index is 2.56. The molecule has 0 saturated heterocycles. The van der Waals surface area contributed by atoms with Crippen molar-refractivity contribution >= 4 is 21.5 Å². The molecule has 6 aromatic rings. The molecule has 0 spiro atoms. The van der Waals surface area contributed by atoms with E-state index in [4.69, 9.17) is 0 Å². The van der Waals surface area contributed by atoms with Gasteiger partial charge in [-0.15, -0.1) is 0 Å². The highest BCUT2D eigenvalue weighted by Gasteiger charge is 2.42. The number of fused-ring (bicyclic) bond motifs is 5. The molecule has 0 radical (unpaired) electrons. The van der Waals surface area contributed by atoms with E-state index in [1.165, 1.54) is 105 Å². The Bertz CT molecular complexity index is 1720. The van der Waals surface area contributed by atoms with Gasteiger partial charge in [-0.1, -0.05) is 149 Å². The summed E-state index contributed by atoms with van der Waals surface area (Å²) >= 11 is 0. The van der Waals surface area contributed by atoms with E-state index in [-0.39, 0.29) is 5.41 Å². The van der Waals surface area contributed by atoms with E-state index >= 15 is 0 Å². The van der Waals surface area contributed by atoms with Gasteiger partial charge in [0.1, 0.15) is 0 Å². The van der Waals surface area contributed by atoms with E-state index < -0.39 is 0 Å². The van der Waals surface area contributed by atoms with Gasteiger partial charge < -0.3 is 0 Å². The molecule has 0 heterocycles. The van der Waals surface area contributed by atoms with Crippen LogP contribution in [0, 0.1) is 0 Å². The average molecular weight is 531 g/mol. The van der Waals surface area contributed by atoms with Crippen LogP contribution in [0.4, 0.5) is 0 Å². The van der Waals surface area contributed by atoms with Crippen LogP contribution in [0.5, 0.6) is 0 Å². The quantitative estimate of drug-likeness (QED) is 0.184. The van der Waals surface area contributed by atoms with Gasteiger partial charge >= 0.3 is 0 Å². The molecule has 202 valence electrons. The van der Waals surface area contributed by atoms with Gasteiger partial charge in [-0.05, 0) is 91.0 Å². The van der Waals surface area contributed by atoms with Gasteiger partial charge in [0.25, 0.3) is 0 Å². The zero-order valence-corrected chi connectivity index (χ0v) is 24.3. The second-order valence-electron chi connectivity index (χ2n) is 11.9. The Morgan fingerprint density at radius 2 is 0.878 bits per heavy atom. The third-order valence-electron chi connectivity index (χ3n) is 9.48. The number of benzene rings is 6. The smallest absolute Gasteiger partial charge is 0.0215 e. The highest BCUT2D eigenvalue weighted by atomic mass is 14.4. The molecule has 7 rings (SSSR count). The zero-order valence-electron chi connectivity index (χ0n) is 24.3. The van der Waals surface area contributed by atoms with Crippen LogP contribution >= 0.6 is 0 Å². The van der Waals surface area contributed by atoms with Crippen molar-refractivity contribution in [3.63, 3.8) is 0 Å². The topological polar surface area (TPSA) is 0 Å². The summed E-state index contributed by atoms with van der Waals surface area (Å²) in [5, 5.41) is 5.27. The molecule has 41 heavy (non-hydrogen) atoms. The summed E-state index contributed by atoms with van der Waals surface area (Å²) in [6.07, 6.45) is 7.29. The maximum Gasteiger partial charge on any atom is 0.0215 e. The average Bonchev–Trinajstić information content (AvgIpc) is 3.30. The van der Waals surface area contributed by atoms with Crippen LogP contribution < -0.4 is 0 Å². The molecule has 0 heteroatoms. The molecule has 1 aliphatic rings. The Balaban J connectivity index is 1.44. The Morgan fingerprint density at radius 3 is 1.34 bits per heavy atom. The van der Waals surface area contributed by atoms with E-state index in [9.17, 15) is 0 Å². The summed E-state index contributed by atoms with van der Waals surface area (Å²) in [7, 11) is 0. The Kier molecular flexibility index (Phi) is 6.71. The van der Waals surface area contributed by atoms with E-state index in [0.29, 0.717) is 0 Å². The minimum atomic E-state index is 0.0396. The van der Waals surface area contributed by atoms with Crippen molar-refractivity contribution in [2.24, 2.45) is 0 Å². The molecule has 0 N–H and O–H groups in total. The van der Waals surface area contributed by atoms with Crippen LogP contribution in [0.15, 0.2) is 121 Å². The summed E-state index contributed by atoms with van der Waals surface area (Å²) < 4.78 is 0. The van der Waals surface area contributed by atoms with E-state index in [1.54, 1.807) is 0 Å². The number of hydrogen-bond donors (Lipinski definition) is 0. The molecular weight excluding hydrogens is 492 g/mol. The highest BCUT2D eigenvalue weighted by Crippen LogP contribution is 2.56. The van der Waals surface area contributed by atoms with Crippen molar-refractivity contribution in [3.8, 4) is 33.4 Å². The predicted octanol–water partition coefficient (Wildman–Crippen LogP) is 12.0. The summed E-state index contributed by atoms with van der Waals surface area (Å²) in [5.41, 5.74) is 11.3. The molecular formula is C41H38. The van der Waals surface area contributed by atoms with Crippen molar-refractivity contribution < 1.29 is 0 Å². The molecule has 0 atom stereocenters. The zero-order chi connectivity index (χ0) is 27.8. The monoisotopic (exact) mass is 530 g/mol. The second kappa shape index (κ2) is 10.7. The standard InChI is InChI=1S/C41H38/c1-3-5-25-41(26-6-4-2)39-27-31(35-19-11-15-29-13-7-9-17-33(29)35)21-23-37(39)38-24-22-32(28-40(38)41)36-20-12-16-30-14-8-10-18-34(30)36/h7-24,27-28H,3-6,25-26H2,1-2H3. The van der Waals surface area contributed by atoms with Crippen molar-refractivity contribution in [2.75, 3.05) is 0 Å². The van der Waals surface area contributed by atoms with Crippen LogP contribution in [0.1, 0.15) is 63.5 Å². The lowest BCUT2D eigenvalue weighted by molar-refractivity contribution is 0.414. The van der Waals surface area contributed by atoms with E-state index in [2.05, 4.69) is 135 Å². The Hall–Kier alpha value is -4.16. The molecule has 0 bridgehead atoms. The fourth-order valence-corrected chi connectivity index (χ4v) is 7.41. The first kappa shape index (κ1) is 25.8. The summed E-state index contributed by atoms with van der Waals surface area (Å²) in [6.45, 7) is 4.67. The van der Waals surface area contributed by atoms with E-state index in [1.807, 2.05) is 0 Å². The molecule has 1 aliphatic carbocycles. The van der Waals surface area contributed by atoms with Gasteiger partial charge in [-0.2, -0.15) is 0 Å². The van der Waals surface area contributed by atoms with Gasteiger partial charge in [-0.3, -0.25) is 0 Å². The Morgan fingerprint density at radius 1 is 0.439 bits per heavy atom. The molecule has 0 aromatic heterocycles. The van der Waals surface area contributed by atoms with Crippen LogP contribution in [0.3, 0.4) is 0 Å². The summed E-state index contributed by atoms with van der Waals surface area (Å²) in [5.74, 6) is 0. The first-order chi connectivity index (χ1) is 20.2. The fraction of sp³-hybridized carbons (Fsp3) is 0.220. The van der Waals surface area contributed by atoms with Crippen LogP contribution in [0.25, 0.3) is 54.9 Å². The largest absolute Gasteiger partial charge is 0.0654 e. The third-order valence-corrected chi connectivity index (χ3v) is 9.48. The SMILES string of the molecule is CCCCC1(CCCC)c2cc(-c3cccc4ccccc34)ccc2-c2ccc(-c3cccc4ccccc34)cc21. The first-order valence-corrected chi connectivity index (χ1v) is 15.5. The van der Waals surface area contributed by atoms with Crippen LogP contribution in [-0.2, 0) is 5.41 Å². The summed E-state index contributed by atoms with van der Waals surface area (Å²) in [4.78, 5) is 0. The lowest BCUT2D eigenvalue weighted by Crippen LogP contribution is -2.25. The van der Waals surface area contributed by atoms with Crippen molar-refractivity contribution in [3.05, 3.63) is 132 Å². The number of unbranched alkanes of at least 4 members (excludes halogenated alkanes) is 2. The lowest BCUT2D eigenvalue weighted by Gasteiger charge is -2.33. The Labute approximate surface area is 244 Å². The molecule has 0 saturated carbocycles. The molecule has 6 aromatic carbocycles. The summed E-state index contributed by atoms with van der Waals surface area (Å²) in [6, 6.07) is 45.7. The number of hydrogen-bond acceptors (Lipinski definition) is 0. The van der Waals surface area contributed by atoms with Crippen LogP contribution in [0.2, 0.25) is 0 Å². The molecule has 0 amide bonds. The maximum atomic E-state index is 2.56. The molecule has 0 nitrogen and oxygen atoms in total. The van der Waals surface area contributed by atoms with E-state index in [0.717, 1.165) is 0 Å². The van der Waals surface area contributed by atoms with Gasteiger partial charge in [-0.25, -0.2) is 0 Å². The van der Waals surface area contributed by atoms with Gasteiger partial charge in [0.2, 0.25) is 0 Å². The lowest BCUT2D eigenvalue weighted by atomic mass is 9.70. The van der Waals surface area contributed by atoms with Crippen LogP contribution in [-0.4, -0.2) is 0 Å². The fourth-order valence-electron chi connectivity index (χ4n) is 7.41. The van der Waals surface area contributed by atoms with Gasteiger partial charge in [0.15, 0.2) is 0 Å². The first-order valence-electron chi connectivity index (χ1n) is 15.5. The molecule has 0 aliphatic heterocycles. The van der Waals surface area contributed by atoms with Crippen molar-refractivity contribution in [1.29, 1.82) is 0 Å². The van der Waals surface area contributed by atoms with Crippen molar-refractivity contribution in [2.45, 2.75) is 57.8 Å². The predicted molar refractivity (Wildman–Crippen MR) is 178 cm³/mol. The normalized spacial score (nSPS) is 13.4. The van der Waals surface area contributed by atoms with Gasteiger partial charge in [0.05, 0.1) is 0 Å².